The van der Waals surface area contributed by atoms with Crippen molar-refractivity contribution in [2.75, 3.05) is 5.32 Å². The molecule has 0 radical (unpaired) electrons. The van der Waals surface area contributed by atoms with Crippen molar-refractivity contribution < 1.29 is 9.32 Å². The third kappa shape index (κ3) is 4.10. The van der Waals surface area contributed by atoms with Gasteiger partial charge in [-0.1, -0.05) is 23.0 Å². The minimum absolute atomic E-state index is 0.268. The molecule has 2 heterocycles. The summed E-state index contributed by atoms with van der Waals surface area (Å²) in [4.78, 5) is 17.0. The van der Waals surface area contributed by atoms with Crippen LogP contribution in [0.25, 0.3) is 0 Å². The number of thioether (sulfide) groups is 1. The van der Waals surface area contributed by atoms with Crippen LogP contribution in [-0.4, -0.2) is 16.0 Å². The summed E-state index contributed by atoms with van der Waals surface area (Å²) in [5.74, 6) is 1.03. The van der Waals surface area contributed by atoms with Crippen molar-refractivity contribution in [3.05, 3.63) is 70.7 Å². The Kier molecular flexibility index (Phi) is 5.34. The third-order valence-corrected chi connectivity index (χ3v) is 4.70. The fraction of sp³-hybridized carbons (Fsp3) is 0.158. The average Bonchev–Trinajstić information content (AvgIpc) is 3.07. The van der Waals surface area contributed by atoms with Gasteiger partial charge in [-0.2, -0.15) is 5.26 Å². The van der Waals surface area contributed by atoms with Crippen LogP contribution < -0.4 is 5.32 Å². The van der Waals surface area contributed by atoms with Gasteiger partial charge in [0.25, 0.3) is 5.91 Å². The number of aromatic nitrogens is 2. The molecule has 26 heavy (non-hydrogen) atoms. The van der Waals surface area contributed by atoms with Gasteiger partial charge in [0.1, 0.15) is 10.8 Å². The number of hydrogen-bond donors (Lipinski definition) is 1. The van der Waals surface area contributed by atoms with Crippen molar-refractivity contribution in [2.24, 2.45) is 0 Å². The molecule has 0 saturated heterocycles. The second kappa shape index (κ2) is 7.85. The molecule has 1 N–H and O–H groups in total. The largest absolute Gasteiger partial charge is 0.361 e. The zero-order valence-electron chi connectivity index (χ0n) is 14.3. The number of nitrogens with one attached hydrogen (secondary N) is 1. The van der Waals surface area contributed by atoms with E-state index in [-0.39, 0.29) is 5.91 Å². The highest BCUT2D eigenvalue weighted by Gasteiger charge is 2.15. The fourth-order valence-corrected chi connectivity index (χ4v) is 3.20. The lowest BCUT2D eigenvalue weighted by Gasteiger charge is -2.11. The van der Waals surface area contributed by atoms with E-state index in [2.05, 4.69) is 21.5 Å². The van der Waals surface area contributed by atoms with E-state index >= 15 is 0 Å². The summed E-state index contributed by atoms with van der Waals surface area (Å²) in [6.07, 6.45) is 1.65. The van der Waals surface area contributed by atoms with Gasteiger partial charge < -0.3 is 9.84 Å². The van der Waals surface area contributed by atoms with Gasteiger partial charge in [-0.05, 0) is 43.7 Å². The van der Waals surface area contributed by atoms with Crippen molar-refractivity contribution in [3.63, 3.8) is 0 Å². The molecule has 3 aromatic rings. The number of nitriles is 1. The van der Waals surface area contributed by atoms with Crippen LogP contribution in [0.2, 0.25) is 0 Å². The van der Waals surface area contributed by atoms with E-state index in [1.165, 1.54) is 11.8 Å². The van der Waals surface area contributed by atoms with E-state index in [4.69, 9.17) is 9.78 Å². The summed E-state index contributed by atoms with van der Waals surface area (Å²) in [7, 11) is 0. The highest BCUT2D eigenvalue weighted by atomic mass is 32.2. The molecule has 0 bridgehead atoms. The summed E-state index contributed by atoms with van der Waals surface area (Å²) >= 11 is 1.42. The van der Waals surface area contributed by atoms with Gasteiger partial charge >= 0.3 is 0 Å². The molecule has 0 spiro atoms. The number of rotatable bonds is 5. The number of carbonyl (C=O) groups is 1. The van der Waals surface area contributed by atoms with Gasteiger partial charge in [0.2, 0.25) is 0 Å². The Morgan fingerprint density at radius 2 is 2.15 bits per heavy atom. The predicted molar refractivity (Wildman–Crippen MR) is 98.9 cm³/mol. The zero-order valence-corrected chi connectivity index (χ0v) is 15.1. The number of aryl methyl sites for hydroxylation is 2. The maximum absolute atomic E-state index is 12.7. The first kappa shape index (κ1) is 17.7. The number of nitrogens with zero attached hydrogens (tertiary/aromatic N) is 3. The molecule has 130 valence electrons. The topological polar surface area (TPSA) is 91.8 Å². The number of amides is 1. The van der Waals surface area contributed by atoms with E-state index in [9.17, 15) is 4.79 Å². The first-order valence-corrected chi connectivity index (χ1v) is 8.87. The second-order valence-corrected chi connectivity index (χ2v) is 6.63. The number of carbonyl (C=O) groups excluding carboxylic acids is 1. The lowest BCUT2D eigenvalue weighted by atomic mass is 10.1. The second-order valence-electron chi connectivity index (χ2n) is 5.67. The summed E-state index contributed by atoms with van der Waals surface area (Å²) in [5, 5.41) is 16.5. The smallest absolute Gasteiger partial charge is 0.258 e. The van der Waals surface area contributed by atoms with Gasteiger partial charge in [-0.3, -0.25) is 4.79 Å². The maximum Gasteiger partial charge on any atom is 0.258 e. The molecule has 7 heteroatoms. The summed E-state index contributed by atoms with van der Waals surface area (Å²) in [5.41, 5.74) is 3.25. The first-order chi connectivity index (χ1) is 12.6. The van der Waals surface area contributed by atoms with Crippen LogP contribution >= 0.6 is 11.8 Å². The summed E-state index contributed by atoms with van der Waals surface area (Å²) in [6.45, 7) is 3.71. The molecule has 0 unspecified atom stereocenters. The Hall–Kier alpha value is -3.11. The molecule has 0 saturated carbocycles. The summed E-state index contributed by atoms with van der Waals surface area (Å²) < 4.78 is 5.06. The number of hydrogen-bond acceptors (Lipinski definition) is 6. The van der Waals surface area contributed by atoms with Crippen LogP contribution in [0, 0.1) is 25.2 Å². The van der Waals surface area contributed by atoms with Crippen LogP contribution in [0.1, 0.15) is 32.9 Å². The molecule has 3 rings (SSSR count). The van der Waals surface area contributed by atoms with E-state index in [0.717, 1.165) is 17.0 Å². The van der Waals surface area contributed by atoms with Crippen molar-refractivity contribution in [1.82, 2.24) is 10.1 Å². The van der Waals surface area contributed by atoms with Crippen LogP contribution in [0.4, 0.5) is 5.69 Å². The van der Waals surface area contributed by atoms with Gasteiger partial charge in [-0.25, -0.2) is 4.98 Å². The third-order valence-electron chi connectivity index (χ3n) is 3.66. The Bertz CT molecular complexity index is 991. The Labute approximate surface area is 155 Å². The quantitative estimate of drug-likeness (QED) is 0.685. The predicted octanol–water partition coefficient (Wildman–Crippen LogP) is 4.10. The zero-order chi connectivity index (χ0) is 18.5. The summed E-state index contributed by atoms with van der Waals surface area (Å²) in [6, 6.07) is 12.6. The van der Waals surface area contributed by atoms with E-state index < -0.39 is 0 Å². The Morgan fingerprint density at radius 1 is 1.31 bits per heavy atom. The molecule has 0 aliphatic rings. The van der Waals surface area contributed by atoms with E-state index in [1.807, 2.05) is 19.9 Å². The molecule has 1 aromatic carbocycles. The normalized spacial score (nSPS) is 10.3. The fourth-order valence-electron chi connectivity index (χ4n) is 2.32. The number of pyridine rings is 1. The number of anilines is 1. The van der Waals surface area contributed by atoms with Crippen molar-refractivity contribution in [3.8, 4) is 6.07 Å². The van der Waals surface area contributed by atoms with Crippen LogP contribution in [-0.2, 0) is 5.75 Å². The lowest BCUT2D eigenvalue weighted by Crippen LogP contribution is -2.14. The SMILES string of the molecule is Cc1cc(CSc2ncccc2C(=O)Nc2cc(C#N)ccc2C)no1. The molecule has 2 aromatic heterocycles. The highest BCUT2D eigenvalue weighted by molar-refractivity contribution is 7.98. The van der Waals surface area contributed by atoms with Gasteiger partial charge in [0.05, 0.1) is 22.9 Å². The lowest BCUT2D eigenvalue weighted by molar-refractivity contribution is 0.102. The molecule has 1 amide bonds. The van der Waals surface area contributed by atoms with Gasteiger partial charge in [-0.15, -0.1) is 0 Å². The Balaban J connectivity index is 1.78. The van der Waals surface area contributed by atoms with Crippen LogP contribution in [0.3, 0.4) is 0 Å². The van der Waals surface area contributed by atoms with Crippen LogP contribution in [0.15, 0.2) is 52.1 Å². The Morgan fingerprint density at radius 3 is 2.88 bits per heavy atom. The molecular formula is C19H16N4O2S. The first-order valence-electron chi connectivity index (χ1n) is 7.89. The van der Waals surface area contributed by atoms with Gasteiger partial charge in [0.15, 0.2) is 0 Å². The monoisotopic (exact) mass is 364 g/mol. The maximum atomic E-state index is 12.7. The average molecular weight is 364 g/mol. The van der Waals surface area contributed by atoms with Crippen molar-refractivity contribution in [2.45, 2.75) is 24.6 Å². The molecular weight excluding hydrogens is 348 g/mol. The number of benzene rings is 1. The molecule has 0 fully saturated rings. The van der Waals surface area contributed by atoms with Crippen molar-refractivity contribution >= 4 is 23.4 Å². The molecule has 0 aliphatic heterocycles. The molecule has 6 nitrogen and oxygen atoms in total. The van der Waals surface area contributed by atoms with Crippen molar-refractivity contribution in [1.29, 1.82) is 5.26 Å². The standard InChI is InChI=1S/C19H16N4O2S/c1-12-5-6-14(10-20)9-17(12)22-18(24)16-4-3-7-21-19(16)26-11-15-8-13(2)25-23-15/h3-9H,11H2,1-2H3,(H,22,24). The van der Waals surface area contributed by atoms with Crippen LogP contribution in [0.5, 0.6) is 0 Å². The van der Waals surface area contributed by atoms with E-state index in [1.54, 1.807) is 36.5 Å². The van der Waals surface area contributed by atoms with Gasteiger partial charge in [0, 0.05) is 23.7 Å². The highest BCUT2D eigenvalue weighted by Crippen LogP contribution is 2.25. The minimum atomic E-state index is -0.268. The molecule has 0 aliphatic carbocycles. The molecule has 0 atom stereocenters. The minimum Gasteiger partial charge on any atom is -0.361 e. The van der Waals surface area contributed by atoms with E-state index in [0.29, 0.717) is 27.6 Å².